The first-order valence-corrected chi connectivity index (χ1v) is 9.41. The van der Waals surface area contributed by atoms with Gasteiger partial charge in [-0.3, -0.25) is 4.90 Å². The average molecular weight is 322 g/mol. The Morgan fingerprint density at radius 1 is 0.833 bits per heavy atom. The van der Waals surface area contributed by atoms with Crippen molar-refractivity contribution >= 4 is 0 Å². The molecule has 0 heterocycles. The summed E-state index contributed by atoms with van der Waals surface area (Å²) >= 11 is 0. The van der Waals surface area contributed by atoms with E-state index in [-0.39, 0.29) is 0 Å². The van der Waals surface area contributed by atoms with Gasteiger partial charge in [-0.2, -0.15) is 0 Å². The van der Waals surface area contributed by atoms with Crippen LogP contribution in [0.25, 0.3) is 0 Å². The number of hydrogen-bond acceptors (Lipinski definition) is 2. The first-order chi connectivity index (χ1) is 11.9. The quantitative estimate of drug-likeness (QED) is 0.649. The Morgan fingerprint density at radius 2 is 1.42 bits per heavy atom. The summed E-state index contributed by atoms with van der Waals surface area (Å²) in [5.41, 5.74) is 2.80. The van der Waals surface area contributed by atoms with E-state index in [1.165, 1.54) is 43.4 Å². The monoisotopic (exact) mass is 322 g/mol. The van der Waals surface area contributed by atoms with Gasteiger partial charge in [0.1, 0.15) is 0 Å². The van der Waals surface area contributed by atoms with Crippen molar-refractivity contribution in [2.45, 2.75) is 38.8 Å². The van der Waals surface area contributed by atoms with E-state index in [0.717, 1.165) is 32.1 Å². The summed E-state index contributed by atoms with van der Waals surface area (Å²) in [7, 11) is 0. The predicted octanol–water partition coefficient (Wildman–Crippen LogP) is 4.47. The highest BCUT2D eigenvalue weighted by atomic mass is 15.1. The smallest absolute Gasteiger partial charge is 0.0237 e. The van der Waals surface area contributed by atoms with E-state index in [4.69, 9.17) is 0 Å². The Morgan fingerprint density at radius 3 is 1.92 bits per heavy atom. The number of benzene rings is 2. The summed E-state index contributed by atoms with van der Waals surface area (Å²) < 4.78 is 0. The van der Waals surface area contributed by atoms with E-state index in [1.54, 1.807) is 0 Å². The molecule has 0 aromatic heterocycles. The molecule has 2 heteroatoms. The zero-order chi connectivity index (χ0) is 16.5. The standard InChI is InChI=1S/C22H30N2/c1-3-9-21(10-4-1)18-24(19-22-11-5-2-6-12-22)16-8-15-23-17-20-13-7-14-20/h1-6,9-12,20,23H,7-8,13-19H2. The van der Waals surface area contributed by atoms with Crippen molar-refractivity contribution in [1.29, 1.82) is 0 Å². The van der Waals surface area contributed by atoms with Crippen LogP contribution in [-0.2, 0) is 13.1 Å². The molecule has 0 aliphatic heterocycles. The van der Waals surface area contributed by atoms with Gasteiger partial charge in [-0.15, -0.1) is 0 Å². The number of nitrogens with one attached hydrogen (secondary N) is 1. The molecule has 1 aliphatic rings. The molecular weight excluding hydrogens is 292 g/mol. The predicted molar refractivity (Wildman–Crippen MR) is 102 cm³/mol. The summed E-state index contributed by atoms with van der Waals surface area (Å²) in [6.07, 6.45) is 5.52. The Hall–Kier alpha value is -1.64. The van der Waals surface area contributed by atoms with Crippen LogP contribution in [0.2, 0.25) is 0 Å². The maximum Gasteiger partial charge on any atom is 0.0237 e. The largest absolute Gasteiger partial charge is 0.316 e. The molecule has 1 fully saturated rings. The number of rotatable bonds is 10. The summed E-state index contributed by atoms with van der Waals surface area (Å²) in [6.45, 7) is 5.55. The maximum atomic E-state index is 3.64. The van der Waals surface area contributed by atoms with E-state index in [2.05, 4.69) is 70.9 Å². The molecule has 0 unspecified atom stereocenters. The highest BCUT2D eigenvalue weighted by Crippen LogP contribution is 2.25. The lowest BCUT2D eigenvalue weighted by molar-refractivity contribution is 0.248. The molecule has 128 valence electrons. The van der Waals surface area contributed by atoms with Crippen molar-refractivity contribution in [3.8, 4) is 0 Å². The first-order valence-electron chi connectivity index (χ1n) is 9.41. The van der Waals surface area contributed by atoms with Crippen LogP contribution in [0.3, 0.4) is 0 Å². The molecule has 2 aromatic carbocycles. The van der Waals surface area contributed by atoms with Crippen LogP contribution in [0, 0.1) is 5.92 Å². The van der Waals surface area contributed by atoms with E-state index in [0.29, 0.717) is 0 Å². The van der Waals surface area contributed by atoms with Gasteiger partial charge in [0.2, 0.25) is 0 Å². The molecule has 2 nitrogen and oxygen atoms in total. The van der Waals surface area contributed by atoms with Crippen molar-refractivity contribution in [1.82, 2.24) is 10.2 Å². The highest BCUT2D eigenvalue weighted by Gasteiger charge is 2.16. The summed E-state index contributed by atoms with van der Waals surface area (Å²) in [5.74, 6) is 0.953. The molecular formula is C22H30N2. The lowest BCUT2D eigenvalue weighted by Crippen LogP contribution is -2.31. The molecule has 3 rings (SSSR count). The molecule has 0 spiro atoms. The van der Waals surface area contributed by atoms with Gasteiger partial charge in [-0.05, 0) is 49.4 Å². The van der Waals surface area contributed by atoms with Crippen LogP contribution in [0.4, 0.5) is 0 Å². The minimum Gasteiger partial charge on any atom is -0.316 e. The van der Waals surface area contributed by atoms with Gasteiger partial charge < -0.3 is 5.32 Å². The minimum atomic E-state index is 0.953. The van der Waals surface area contributed by atoms with Gasteiger partial charge >= 0.3 is 0 Å². The van der Waals surface area contributed by atoms with Crippen LogP contribution in [0.1, 0.15) is 36.8 Å². The van der Waals surface area contributed by atoms with Crippen LogP contribution < -0.4 is 5.32 Å². The molecule has 24 heavy (non-hydrogen) atoms. The molecule has 1 N–H and O–H groups in total. The topological polar surface area (TPSA) is 15.3 Å². The second kappa shape index (κ2) is 9.61. The zero-order valence-electron chi connectivity index (χ0n) is 14.7. The molecule has 0 saturated heterocycles. The van der Waals surface area contributed by atoms with Crippen LogP contribution in [-0.4, -0.2) is 24.5 Å². The van der Waals surface area contributed by atoms with Gasteiger partial charge in [0.15, 0.2) is 0 Å². The average Bonchev–Trinajstić information content (AvgIpc) is 2.58. The third kappa shape index (κ3) is 5.77. The van der Waals surface area contributed by atoms with Gasteiger partial charge in [0, 0.05) is 19.6 Å². The Bertz CT molecular complexity index is 522. The number of nitrogens with zero attached hydrogens (tertiary/aromatic N) is 1. The first kappa shape index (κ1) is 17.2. The van der Waals surface area contributed by atoms with E-state index in [9.17, 15) is 0 Å². The van der Waals surface area contributed by atoms with Gasteiger partial charge in [-0.25, -0.2) is 0 Å². The second-order valence-electron chi connectivity index (χ2n) is 7.04. The Labute approximate surface area is 146 Å². The van der Waals surface area contributed by atoms with E-state index < -0.39 is 0 Å². The highest BCUT2D eigenvalue weighted by molar-refractivity contribution is 5.17. The summed E-state index contributed by atoms with van der Waals surface area (Å²) in [5, 5.41) is 3.64. The molecule has 1 aliphatic carbocycles. The van der Waals surface area contributed by atoms with Gasteiger partial charge in [0.25, 0.3) is 0 Å². The molecule has 0 bridgehead atoms. The lowest BCUT2D eigenvalue weighted by Gasteiger charge is -2.26. The van der Waals surface area contributed by atoms with Crippen LogP contribution in [0.15, 0.2) is 60.7 Å². The molecule has 2 aromatic rings. The van der Waals surface area contributed by atoms with E-state index >= 15 is 0 Å². The normalized spacial score (nSPS) is 14.7. The van der Waals surface area contributed by atoms with Gasteiger partial charge in [-0.1, -0.05) is 67.1 Å². The molecule has 1 saturated carbocycles. The SMILES string of the molecule is c1ccc(CN(CCCNCC2CCC2)Cc2ccccc2)cc1. The summed E-state index contributed by atoms with van der Waals surface area (Å²) in [4.78, 5) is 2.57. The third-order valence-electron chi connectivity index (χ3n) is 4.98. The fourth-order valence-corrected chi connectivity index (χ4v) is 3.33. The van der Waals surface area contributed by atoms with Crippen molar-refractivity contribution < 1.29 is 0 Å². The second-order valence-corrected chi connectivity index (χ2v) is 7.04. The van der Waals surface area contributed by atoms with Gasteiger partial charge in [0.05, 0.1) is 0 Å². The third-order valence-corrected chi connectivity index (χ3v) is 4.98. The van der Waals surface area contributed by atoms with Crippen molar-refractivity contribution in [3.63, 3.8) is 0 Å². The van der Waals surface area contributed by atoms with Crippen molar-refractivity contribution in [2.24, 2.45) is 5.92 Å². The van der Waals surface area contributed by atoms with E-state index in [1.807, 2.05) is 0 Å². The zero-order valence-corrected chi connectivity index (χ0v) is 14.7. The molecule has 0 amide bonds. The maximum absolute atomic E-state index is 3.64. The Kier molecular flexibility index (Phi) is 6.88. The lowest BCUT2D eigenvalue weighted by atomic mass is 9.85. The van der Waals surface area contributed by atoms with Crippen molar-refractivity contribution in [3.05, 3.63) is 71.8 Å². The number of hydrogen-bond donors (Lipinski definition) is 1. The molecule has 0 radical (unpaired) electrons. The minimum absolute atomic E-state index is 0.953. The molecule has 0 atom stereocenters. The fraction of sp³-hybridized carbons (Fsp3) is 0.455. The van der Waals surface area contributed by atoms with Crippen LogP contribution >= 0.6 is 0 Å². The summed E-state index contributed by atoms with van der Waals surface area (Å²) in [6, 6.07) is 21.6. The van der Waals surface area contributed by atoms with Crippen molar-refractivity contribution in [2.75, 3.05) is 19.6 Å². The van der Waals surface area contributed by atoms with Crippen LogP contribution in [0.5, 0.6) is 0 Å². The fourth-order valence-electron chi connectivity index (χ4n) is 3.33. The Balaban J connectivity index is 1.46.